The number of benzene rings is 1. The topological polar surface area (TPSA) is 9.23 Å². The van der Waals surface area contributed by atoms with E-state index < -0.39 is 0 Å². The summed E-state index contributed by atoms with van der Waals surface area (Å²) >= 11 is 3.50. The molecule has 1 rings (SSSR count). The fraction of sp³-hybridized carbons (Fsp3) is 0.500. The average molecular weight is 257 g/mol. The zero-order valence-corrected chi connectivity index (χ0v) is 10.6. The van der Waals surface area contributed by atoms with Gasteiger partial charge in [-0.1, -0.05) is 28.9 Å². The van der Waals surface area contributed by atoms with Crippen LogP contribution in [0.15, 0.2) is 18.2 Å². The molecule has 0 saturated carbocycles. The predicted molar refractivity (Wildman–Crippen MR) is 64.6 cm³/mol. The molecule has 0 aliphatic rings. The van der Waals surface area contributed by atoms with Gasteiger partial charge in [-0.25, -0.2) is 0 Å². The molecular weight excluding hydrogens is 240 g/mol. The summed E-state index contributed by atoms with van der Waals surface area (Å²) in [5.74, 6) is 1.53. The lowest BCUT2D eigenvalue weighted by atomic mass is 9.98. The van der Waals surface area contributed by atoms with Gasteiger partial charge < -0.3 is 4.74 Å². The Balaban J connectivity index is 2.89. The van der Waals surface area contributed by atoms with Crippen LogP contribution in [0.25, 0.3) is 0 Å². The van der Waals surface area contributed by atoms with E-state index in [0.717, 1.165) is 17.7 Å². The van der Waals surface area contributed by atoms with Gasteiger partial charge in [0.2, 0.25) is 0 Å². The summed E-state index contributed by atoms with van der Waals surface area (Å²) in [5, 5.41) is 1.00. The van der Waals surface area contributed by atoms with Crippen molar-refractivity contribution in [3.8, 4) is 5.75 Å². The lowest BCUT2D eigenvalue weighted by Crippen LogP contribution is -1.99. The van der Waals surface area contributed by atoms with E-state index in [9.17, 15) is 0 Å². The molecule has 14 heavy (non-hydrogen) atoms. The normalized spacial score (nSPS) is 12.6. The van der Waals surface area contributed by atoms with Crippen molar-refractivity contribution in [2.24, 2.45) is 0 Å². The van der Waals surface area contributed by atoms with Crippen molar-refractivity contribution < 1.29 is 4.74 Å². The van der Waals surface area contributed by atoms with Crippen molar-refractivity contribution in [1.82, 2.24) is 0 Å². The molecule has 1 nitrogen and oxygen atoms in total. The molecule has 0 aliphatic heterocycles. The lowest BCUT2D eigenvalue weighted by Gasteiger charge is -2.13. The third kappa shape index (κ3) is 2.74. The summed E-state index contributed by atoms with van der Waals surface area (Å²) in [6.45, 7) is 7.09. The molecule has 78 valence electrons. The van der Waals surface area contributed by atoms with Gasteiger partial charge in [-0.15, -0.1) is 0 Å². The highest BCUT2D eigenvalue weighted by atomic mass is 79.9. The number of rotatable bonds is 4. The standard InChI is InChI=1S/C12H17BrO/c1-4-14-11-5-6-12(9(2)7-11)10(3)8-13/h5-7,10H,4,8H2,1-3H3. The maximum Gasteiger partial charge on any atom is 0.119 e. The molecule has 1 aromatic carbocycles. The van der Waals surface area contributed by atoms with Crippen molar-refractivity contribution in [1.29, 1.82) is 0 Å². The summed E-state index contributed by atoms with van der Waals surface area (Å²) in [6.07, 6.45) is 0. The summed E-state index contributed by atoms with van der Waals surface area (Å²) in [6, 6.07) is 6.31. The third-order valence-electron chi connectivity index (χ3n) is 2.31. The fourth-order valence-corrected chi connectivity index (χ4v) is 1.89. The van der Waals surface area contributed by atoms with E-state index in [0.29, 0.717) is 5.92 Å². The van der Waals surface area contributed by atoms with Gasteiger partial charge >= 0.3 is 0 Å². The first kappa shape index (κ1) is 11.6. The van der Waals surface area contributed by atoms with E-state index in [2.05, 4.69) is 41.9 Å². The minimum Gasteiger partial charge on any atom is -0.494 e. The van der Waals surface area contributed by atoms with Crippen LogP contribution >= 0.6 is 15.9 Å². The van der Waals surface area contributed by atoms with Crippen molar-refractivity contribution in [3.63, 3.8) is 0 Å². The molecule has 0 amide bonds. The van der Waals surface area contributed by atoms with Gasteiger partial charge in [0.05, 0.1) is 6.61 Å². The second-order valence-corrected chi connectivity index (χ2v) is 4.15. The molecule has 1 aromatic rings. The van der Waals surface area contributed by atoms with Crippen LogP contribution in [0.5, 0.6) is 5.75 Å². The Morgan fingerprint density at radius 2 is 2.14 bits per heavy atom. The summed E-state index contributed by atoms with van der Waals surface area (Å²) in [4.78, 5) is 0. The van der Waals surface area contributed by atoms with E-state index in [1.165, 1.54) is 11.1 Å². The van der Waals surface area contributed by atoms with Crippen LogP contribution in [0.1, 0.15) is 30.9 Å². The van der Waals surface area contributed by atoms with Gasteiger partial charge in [0.25, 0.3) is 0 Å². The van der Waals surface area contributed by atoms with E-state index in [-0.39, 0.29) is 0 Å². The molecular formula is C12H17BrO. The molecule has 0 bridgehead atoms. The minimum absolute atomic E-state index is 0.561. The highest BCUT2D eigenvalue weighted by Crippen LogP contribution is 2.24. The van der Waals surface area contributed by atoms with Crippen molar-refractivity contribution in [2.75, 3.05) is 11.9 Å². The molecule has 0 aliphatic carbocycles. The quantitative estimate of drug-likeness (QED) is 0.743. The molecule has 2 heteroatoms. The molecule has 0 saturated heterocycles. The van der Waals surface area contributed by atoms with Crippen molar-refractivity contribution >= 4 is 15.9 Å². The molecule has 0 fully saturated rings. The number of halogens is 1. The van der Waals surface area contributed by atoms with Gasteiger partial charge in [-0.3, -0.25) is 0 Å². The minimum atomic E-state index is 0.561. The first-order valence-corrected chi connectivity index (χ1v) is 6.10. The highest BCUT2D eigenvalue weighted by Gasteiger charge is 2.07. The Morgan fingerprint density at radius 1 is 1.43 bits per heavy atom. The van der Waals surface area contributed by atoms with Crippen LogP contribution in [-0.2, 0) is 0 Å². The molecule has 0 aromatic heterocycles. The maximum absolute atomic E-state index is 5.44. The van der Waals surface area contributed by atoms with Crippen LogP contribution in [0.2, 0.25) is 0 Å². The van der Waals surface area contributed by atoms with Crippen LogP contribution < -0.4 is 4.74 Å². The second kappa shape index (κ2) is 5.40. The van der Waals surface area contributed by atoms with Gasteiger partial charge in [0.15, 0.2) is 0 Å². The molecule has 1 atom stereocenters. The molecule has 1 unspecified atom stereocenters. The molecule has 0 radical (unpaired) electrons. The first-order valence-electron chi connectivity index (χ1n) is 4.98. The zero-order chi connectivity index (χ0) is 10.6. The van der Waals surface area contributed by atoms with Crippen molar-refractivity contribution in [2.45, 2.75) is 26.7 Å². The van der Waals surface area contributed by atoms with Gasteiger partial charge in [-0.05, 0) is 43.0 Å². The second-order valence-electron chi connectivity index (χ2n) is 3.51. The zero-order valence-electron chi connectivity index (χ0n) is 9.01. The monoisotopic (exact) mass is 256 g/mol. The number of ether oxygens (including phenoxy) is 1. The van der Waals surface area contributed by atoms with Gasteiger partial charge in [0.1, 0.15) is 5.75 Å². The van der Waals surface area contributed by atoms with E-state index >= 15 is 0 Å². The number of hydrogen-bond acceptors (Lipinski definition) is 1. The van der Waals surface area contributed by atoms with E-state index in [1.807, 2.05) is 13.0 Å². The van der Waals surface area contributed by atoms with Crippen LogP contribution in [0, 0.1) is 6.92 Å². The van der Waals surface area contributed by atoms with Crippen LogP contribution in [0.4, 0.5) is 0 Å². The van der Waals surface area contributed by atoms with E-state index in [1.54, 1.807) is 0 Å². The summed E-state index contributed by atoms with van der Waals surface area (Å²) < 4.78 is 5.44. The lowest BCUT2D eigenvalue weighted by molar-refractivity contribution is 0.340. The SMILES string of the molecule is CCOc1ccc(C(C)CBr)c(C)c1. The average Bonchev–Trinajstić information content (AvgIpc) is 2.17. The fourth-order valence-electron chi connectivity index (χ4n) is 1.54. The van der Waals surface area contributed by atoms with Crippen LogP contribution in [-0.4, -0.2) is 11.9 Å². The number of hydrogen-bond donors (Lipinski definition) is 0. The number of alkyl halides is 1. The molecule has 0 spiro atoms. The third-order valence-corrected chi connectivity index (χ3v) is 3.29. The smallest absolute Gasteiger partial charge is 0.119 e. The van der Waals surface area contributed by atoms with Crippen LogP contribution in [0.3, 0.4) is 0 Å². The largest absolute Gasteiger partial charge is 0.494 e. The summed E-state index contributed by atoms with van der Waals surface area (Å²) in [7, 11) is 0. The Bertz CT molecular complexity index is 296. The Labute approximate surface area is 94.6 Å². The van der Waals surface area contributed by atoms with Crippen molar-refractivity contribution in [3.05, 3.63) is 29.3 Å². The molecule has 0 N–H and O–H groups in total. The summed E-state index contributed by atoms with van der Waals surface area (Å²) in [5.41, 5.74) is 2.70. The van der Waals surface area contributed by atoms with E-state index in [4.69, 9.17) is 4.74 Å². The Morgan fingerprint density at radius 3 is 2.64 bits per heavy atom. The van der Waals surface area contributed by atoms with Gasteiger partial charge in [0, 0.05) is 5.33 Å². The molecule has 0 heterocycles. The van der Waals surface area contributed by atoms with Gasteiger partial charge in [-0.2, -0.15) is 0 Å². The predicted octanol–water partition coefficient (Wildman–Crippen LogP) is 3.89. The number of aryl methyl sites for hydroxylation is 1. The Hall–Kier alpha value is -0.500. The maximum atomic E-state index is 5.44. The highest BCUT2D eigenvalue weighted by molar-refractivity contribution is 9.09. The first-order chi connectivity index (χ1) is 6.69. The Kier molecular flexibility index (Phi) is 4.46.